The lowest BCUT2D eigenvalue weighted by Crippen LogP contribution is -2.16. The van der Waals surface area contributed by atoms with Gasteiger partial charge in [-0.2, -0.15) is 0 Å². The fraction of sp³-hybridized carbons (Fsp3) is 0.200. The number of fused-ring (bicyclic) bond motifs is 1. The highest BCUT2D eigenvalue weighted by atomic mass is 79.9. The number of benzene rings is 2. The van der Waals surface area contributed by atoms with Crippen LogP contribution in [0.5, 0.6) is 11.5 Å². The summed E-state index contributed by atoms with van der Waals surface area (Å²) in [6.45, 7) is 1.42. The van der Waals surface area contributed by atoms with Crippen LogP contribution in [0.1, 0.15) is 5.56 Å². The third-order valence-corrected chi connectivity index (χ3v) is 4.03. The first-order valence-corrected chi connectivity index (χ1v) is 7.58. The Balaban J connectivity index is 1.81. The van der Waals surface area contributed by atoms with Crippen molar-refractivity contribution >= 4 is 33.2 Å². The topological polar surface area (TPSA) is 30.5 Å². The Morgan fingerprint density at radius 1 is 1.24 bits per heavy atom. The van der Waals surface area contributed by atoms with Crippen LogP contribution in [-0.4, -0.2) is 13.2 Å². The molecule has 2 aromatic rings. The number of rotatable bonds is 3. The summed E-state index contributed by atoms with van der Waals surface area (Å²) in [5.74, 6) is 0.880. The molecule has 3 nitrogen and oxygen atoms in total. The number of ether oxygens (including phenoxy) is 2. The van der Waals surface area contributed by atoms with Crippen molar-refractivity contribution < 1.29 is 13.9 Å². The van der Waals surface area contributed by atoms with Crippen LogP contribution >= 0.6 is 27.5 Å². The molecular weight excluding hydrogens is 361 g/mol. The molecule has 0 amide bonds. The van der Waals surface area contributed by atoms with Crippen LogP contribution in [0.25, 0.3) is 0 Å². The van der Waals surface area contributed by atoms with Crippen LogP contribution in [0.4, 0.5) is 10.1 Å². The molecule has 0 aliphatic carbocycles. The molecule has 1 aliphatic rings. The molecule has 0 aromatic heterocycles. The zero-order valence-electron chi connectivity index (χ0n) is 11.0. The molecule has 0 spiro atoms. The number of anilines is 1. The Hall–Kier alpha value is -1.46. The van der Waals surface area contributed by atoms with Crippen LogP contribution < -0.4 is 14.8 Å². The summed E-state index contributed by atoms with van der Waals surface area (Å²) in [4.78, 5) is 0. The molecule has 0 atom stereocenters. The predicted molar refractivity (Wildman–Crippen MR) is 83.9 cm³/mol. The fourth-order valence-corrected chi connectivity index (χ4v) is 2.89. The second-order valence-electron chi connectivity index (χ2n) is 4.55. The summed E-state index contributed by atoms with van der Waals surface area (Å²) in [6, 6.07) is 8.47. The molecule has 0 saturated carbocycles. The van der Waals surface area contributed by atoms with Gasteiger partial charge in [0.15, 0.2) is 11.5 Å². The van der Waals surface area contributed by atoms with E-state index in [0.717, 1.165) is 5.56 Å². The molecule has 3 rings (SSSR count). The molecular formula is C15H12BrClFNO2. The van der Waals surface area contributed by atoms with Gasteiger partial charge in [-0.05, 0) is 45.8 Å². The standard InChI is InChI=1S/C15H12BrClFNO2/c16-10-2-1-3-12(18)14(10)19-8-9-6-11(17)15-13(7-9)20-4-5-21-15/h1-3,6-7,19H,4-5,8H2. The number of nitrogens with one attached hydrogen (secondary N) is 1. The lowest BCUT2D eigenvalue weighted by Gasteiger charge is -2.20. The van der Waals surface area contributed by atoms with Gasteiger partial charge in [-0.25, -0.2) is 4.39 Å². The first-order valence-electron chi connectivity index (χ1n) is 6.41. The van der Waals surface area contributed by atoms with E-state index < -0.39 is 0 Å². The quantitative estimate of drug-likeness (QED) is 0.852. The minimum atomic E-state index is -0.312. The van der Waals surface area contributed by atoms with Crippen molar-refractivity contribution in [1.82, 2.24) is 0 Å². The summed E-state index contributed by atoms with van der Waals surface area (Å²) < 4.78 is 25.4. The Labute approximate surface area is 135 Å². The highest BCUT2D eigenvalue weighted by molar-refractivity contribution is 9.10. The average molecular weight is 373 g/mol. The molecule has 110 valence electrons. The second-order valence-corrected chi connectivity index (χ2v) is 5.81. The largest absolute Gasteiger partial charge is 0.486 e. The Bertz CT molecular complexity index is 661. The van der Waals surface area contributed by atoms with Gasteiger partial charge in [-0.15, -0.1) is 0 Å². The third kappa shape index (κ3) is 3.09. The second kappa shape index (κ2) is 6.12. The fourth-order valence-electron chi connectivity index (χ4n) is 2.12. The van der Waals surface area contributed by atoms with E-state index in [9.17, 15) is 4.39 Å². The van der Waals surface area contributed by atoms with E-state index in [1.807, 2.05) is 6.07 Å². The summed E-state index contributed by atoms with van der Waals surface area (Å²) >= 11 is 9.50. The molecule has 0 unspecified atom stereocenters. The molecule has 1 N–H and O–H groups in total. The predicted octanol–water partition coefficient (Wildman–Crippen LogP) is 4.62. The Kier molecular flexibility index (Phi) is 4.22. The van der Waals surface area contributed by atoms with Gasteiger partial charge in [-0.1, -0.05) is 17.7 Å². The summed E-state index contributed by atoms with van der Waals surface area (Å²) in [7, 11) is 0. The molecule has 0 saturated heterocycles. The van der Waals surface area contributed by atoms with E-state index >= 15 is 0 Å². The van der Waals surface area contributed by atoms with E-state index in [-0.39, 0.29) is 5.82 Å². The van der Waals surface area contributed by atoms with Gasteiger partial charge in [0.25, 0.3) is 0 Å². The van der Waals surface area contributed by atoms with Crippen LogP contribution in [-0.2, 0) is 6.54 Å². The number of halogens is 3. The minimum Gasteiger partial charge on any atom is -0.486 e. The maximum Gasteiger partial charge on any atom is 0.179 e. The molecule has 0 bridgehead atoms. The number of para-hydroxylation sites is 1. The van der Waals surface area contributed by atoms with Crippen molar-refractivity contribution in [3.05, 3.63) is 51.2 Å². The van der Waals surface area contributed by atoms with Gasteiger partial charge in [0.2, 0.25) is 0 Å². The van der Waals surface area contributed by atoms with E-state index in [0.29, 0.717) is 46.4 Å². The molecule has 21 heavy (non-hydrogen) atoms. The zero-order valence-corrected chi connectivity index (χ0v) is 13.3. The zero-order chi connectivity index (χ0) is 14.8. The highest BCUT2D eigenvalue weighted by Gasteiger charge is 2.16. The summed E-state index contributed by atoms with van der Waals surface area (Å²) in [5.41, 5.74) is 1.31. The van der Waals surface area contributed by atoms with Gasteiger partial charge in [0.1, 0.15) is 19.0 Å². The van der Waals surface area contributed by atoms with Gasteiger partial charge in [-0.3, -0.25) is 0 Å². The summed E-state index contributed by atoms with van der Waals surface area (Å²) in [5, 5.41) is 3.55. The molecule has 0 fully saturated rings. The van der Waals surface area contributed by atoms with Gasteiger partial charge < -0.3 is 14.8 Å². The molecule has 1 aliphatic heterocycles. The maximum absolute atomic E-state index is 13.7. The third-order valence-electron chi connectivity index (χ3n) is 3.09. The maximum atomic E-state index is 13.7. The normalized spacial score (nSPS) is 13.1. The SMILES string of the molecule is Fc1cccc(Br)c1NCc1cc(Cl)c2c(c1)OCCO2. The van der Waals surface area contributed by atoms with Crippen LogP contribution in [0, 0.1) is 5.82 Å². The van der Waals surface area contributed by atoms with Crippen molar-refractivity contribution in [2.24, 2.45) is 0 Å². The molecule has 2 aromatic carbocycles. The van der Waals surface area contributed by atoms with Crippen molar-refractivity contribution in [3.8, 4) is 11.5 Å². The van der Waals surface area contributed by atoms with Crippen LogP contribution in [0.15, 0.2) is 34.8 Å². The van der Waals surface area contributed by atoms with Crippen molar-refractivity contribution in [2.75, 3.05) is 18.5 Å². The van der Waals surface area contributed by atoms with Gasteiger partial charge >= 0.3 is 0 Å². The van der Waals surface area contributed by atoms with Gasteiger partial charge in [0.05, 0.1) is 10.7 Å². The Morgan fingerprint density at radius 2 is 2.05 bits per heavy atom. The van der Waals surface area contributed by atoms with Crippen molar-refractivity contribution in [2.45, 2.75) is 6.54 Å². The van der Waals surface area contributed by atoms with E-state index in [1.54, 1.807) is 18.2 Å². The first-order chi connectivity index (χ1) is 10.1. The molecule has 6 heteroatoms. The highest BCUT2D eigenvalue weighted by Crippen LogP contribution is 2.38. The number of hydrogen-bond acceptors (Lipinski definition) is 3. The monoisotopic (exact) mass is 371 g/mol. The smallest absolute Gasteiger partial charge is 0.179 e. The van der Waals surface area contributed by atoms with Gasteiger partial charge in [0, 0.05) is 11.0 Å². The van der Waals surface area contributed by atoms with Crippen molar-refractivity contribution in [1.29, 1.82) is 0 Å². The van der Waals surface area contributed by atoms with E-state index in [1.165, 1.54) is 6.07 Å². The van der Waals surface area contributed by atoms with E-state index in [4.69, 9.17) is 21.1 Å². The molecule has 1 heterocycles. The lowest BCUT2D eigenvalue weighted by molar-refractivity contribution is 0.171. The minimum absolute atomic E-state index is 0.312. The first kappa shape index (κ1) is 14.5. The average Bonchev–Trinajstić information content (AvgIpc) is 2.47. The van der Waals surface area contributed by atoms with Crippen LogP contribution in [0.3, 0.4) is 0 Å². The lowest BCUT2D eigenvalue weighted by atomic mass is 10.2. The van der Waals surface area contributed by atoms with E-state index in [2.05, 4.69) is 21.2 Å². The Morgan fingerprint density at radius 3 is 2.86 bits per heavy atom. The van der Waals surface area contributed by atoms with Crippen LogP contribution in [0.2, 0.25) is 5.02 Å². The number of hydrogen-bond donors (Lipinski definition) is 1. The summed E-state index contributed by atoms with van der Waals surface area (Å²) in [6.07, 6.45) is 0. The van der Waals surface area contributed by atoms with Crippen molar-refractivity contribution in [3.63, 3.8) is 0 Å². The molecule has 0 radical (unpaired) electrons.